The Hall–Kier alpha value is -1.81. The van der Waals surface area contributed by atoms with Gasteiger partial charge in [-0.2, -0.15) is 0 Å². The second-order valence-corrected chi connectivity index (χ2v) is 5.93. The fourth-order valence-corrected chi connectivity index (χ4v) is 3.41. The van der Waals surface area contributed by atoms with E-state index in [0.717, 1.165) is 36.7 Å². The van der Waals surface area contributed by atoms with Gasteiger partial charge in [-0.15, -0.1) is 0 Å². The topological polar surface area (TPSA) is 38.5 Å². The van der Waals surface area contributed by atoms with Crippen molar-refractivity contribution in [2.24, 2.45) is 0 Å². The van der Waals surface area contributed by atoms with Crippen molar-refractivity contribution in [2.45, 2.75) is 45.7 Å². The number of rotatable bonds is 5. The highest BCUT2D eigenvalue weighted by atomic mass is 16.5. The third-order valence-electron chi connectivity index (χ3n) is 4.55. The molecule has 1 aliphatic heterocycles. The standard InChI is InChI=1S/C18H24N2O2/c1-4-17-18(13(2)19-22-17)16-6-5-11-20(16)12-14-7-9-15(21-3)10-8-14/h7-10,16H,4-6,11-12H2,1-3H3. The lowest BCUT2D eigenvalue weighted by Gasteiger charge is -2.24. The molecule has 0 saturated carbocycles. The lowest BCUT2D eigenvalue weighted by Crippen LogP contribution is -2.23. The first-order valence-corrected chi connectivity index (χ1v) is 8.05. The first kappa shape index (κ1) is 15.1. The van der Waals surface area contributed by atoms with E-state index in [1.807, 2.05) is 12.1 Å². The maximum atomic E-state index is 5.49. The Kier molecular flexibility index (Phi) is 4.48. The molecule has 1 aliphatic rings. The Morgan fingerprint density at radius 1 is 1.32 bits per heavy atom. The van der Waals surface area contributed by atoms with Crippen LogP contribution in [0.2, 0.25) is 0 Å². The van der Waals surface area contributed by atoms with Crippen LogP contribution in [0, 0.1) is 6.92 Å². The molecule has 22 heavy (non-hydrogen) atoms. The summed E-state index contributed by atoms with van der Waals surface area (Å²) in [7, 11) is 1.70. The highest BCUT2D eigenvalue weighted by Gasteiger charge is 2.31. The van der Waals surface area contributed by atoms with E-state index >= 15 is 0 Å². The molecule has 2 aromatic rings. The maximum Gasteiger partial charge on any atom is 0.141 e. The van der Waals surface area contributed by atoms with Gasteiger partial charge in [0.2, 0.25) is 0 Å². The van der Waals surface area contributed by atoms with E-state index < -0.39 is 0 Å². The molecule has 0 amide bonds. The van der Waals surface area contributed by atoms with E-state index in [1.54, 1.807) is 7.11 Å². The van der Waals surface area contributed by atoms with Gasteiger partial charge < -0.3 is 9.26 Å². The minimum Gasteiger partial charge on any atom is -0.497 e. The molecule has 0 aliphatic carbocycles. The fourth-order valence-electron chi connectivity index (χ4n) is 3.41. The van der Waals surface area contributed by atoms with Gasteiger partial charge in [0.1, 0.15) is 11.5 Å². The Bertz CT molecular complexity index is 619. The smallest absolute Gasteiger partial charge is 0.141 e. The normalized spacial score (nSPS) is 18.8. The molecule has 1 aromatic heterocycles. The SMILES string of the molecule is CCc1onc(C)c1C1CCCN1Cc1ccc(OC)cc1. The molecule has 0 N–H and O–H groups in total. The quantitative estimate of drug-likeness (QED) is 0.839. The number of nitrogens with zero attached hydrogens (tertiary/aromatic N) is 2. The number of benzene rings is 1. The van der Waals surface area contributed by atoms with Crippen LogP contribution in [0.15, 0.2) is 28.8 Å². The summed E-state index contributed by atoms with van der Waals surface area (Å²) < 4.78 is 10.7. The Balaban J connectivity index is 1.79. The molecule has 118 valence electrons. The van der Waals surface area contributed by atoms with Crippen molar-refractivity contribution >= 4 is 0 Å². The summed E-state index contributed by atoms with van der Waals surface area (Å²) in [5.41, 5.74) is 3.68. The van der Waals surface area contributed by atoms with Gasteiger partial charge in [0.15, 0.2) is 0 Å². The summed E-state index contributed by atoms with van der Waals surface area (Å²) in [4.78, 5) is 2.54. The number of aromatic nitrogens is 1. The van der Waals surface area contributed by atoms with Gasteiger partial charge in [-0.1, -0.05) is 24.2 Å². The number of methoxy groups -OCH3 is 1. The highest BCUT2D eigenvalue weighted by Crippen LogP contribution is 2.37. The van der Waals surface area contributed by atoms with E-state index in [9.17, 15) is 0 Å². The molecular formula is C18H24N2O2. The predicted octanol–water partition coefficient (Wildman–Crippen LogP) is 3.89. The summed E-state index contributed by atoms with van der Waals surface area (Å²) >= 11 is 0. The minimum atomic E-state index is 0.434. The van der Waals surface area contributed by atoms with Gasteiger partial charge in [0.05, 0.1) is 12.8 Å². The molecule has 2 heterocycles. The average molecular weight is 300 g/mol. The van der Waals surface area contributed by atoms with E-state index in [4.69, 9.17) is 9.26 Å². The zero-order valence-electron chi connectivity index (χ0n) is 13.6. The molecule has 0 bridgehead atoms. The zero-order chi connectivity index (χ0) is 15.5. The third-order valence-corrected chi connectivity index (χ3v) is 4.55. The van der Waals surface area contributed by atoms with Crippen LogP contribution in [0.5, 0.6) is 5.75 Å². The monoisotopic (exact) mass is 300 g/mol. The van der Waals surface area contributed by atoms with Crippen molar-refractivity contribution in [3.8, 4) is 5.75 Å². The van der Waals surface area contributed by atoms with E-state index in [-0.39, 0.29) is 0 Å². The van der Waals surface area contributed by atoms with Crippen molar-refractivity contribution in [3.63, 3.8) is 0 Å². The first-order chi connectivity index (χ1) is 10.7. The average Bonchev–Trinajstić information content (AvgIpc) is 3.14. The Labute approximate surface area is 132 Å². The molecule has 1 saturated heterocycles. The molecule has 0 spiro atoms. The van der Waals surface area contributed by atoms with E-state index in [1.165, 1.54) is 24.0 Å². The van der Waals surface area contributed by atoms with Crippen LogP contribution < -0.4 is 4.74 Å². The lowest BCUT2D eigenvalue weighted by molar-refractivity contribution is 0.245. The third kappa shape index (κ3) is 2.88. The predicted molar refractivity (Wildman–Crippen MR) is 86.0 cm³/mol. The summed E-state index contributed by atoms with van der Waals surface area (Å²) in [6.45, 7) is 6.28. The molecule has 4 nitrogen and oxygen atoms in total. The van der Waals surface area contributed by atoms with E-state index in [2.05, 4.69) is 36.0 Å². The summed E-state index contributed by atoms with van der Waals surface area (Å²) in [5.74, 6) is 1.95. The van der Waals surface area contributed by atoms with Gasteiger partial charge in [0.25, 0.3) is 0 Å². The van der Waals surface area contributed by atoms with Crippen LogP contribution in [0.3, 0.4) is 0 Å². The van der Waals surface area contributed by atoms with Crippen LogP contribution in [0.25, 0.3) is 0 Å². The summed E-state index contributed by atoms with van der Waals surface area (Å²) in [6, 6.07) is 8.79. The highest BCUT2D eigenvalue weighted by molar-refractivity contribution is 5.29. The molecule has 1 unspecified atom stereocenters. The summed E-state index contributed by atoms with van der Waals surface area (Å²) in [6.07, 6.45) is 3.32. The van der Waals surface area contributed by atoms with Gasteiger partial charge in [-0.05, 0) is 44.0 Å². The molecular weight excluding hydrogens is 276 g/mol. The number of hydrogen-bond acceptors (Lipinski definition) is 4. The largest absolute Gasteiger partial charge is 0.497 e. The van der Waals surface area contributed by atoms with Crippen molar-refractivity contribution in [1.82, 2.24) is 10.1 Å². The fraction of sp³-hybridized carbons (Fsp3) is 0.500. The van der Waals surface area contributed by atoms with Crippen LogP contribution in [0.4, 0.5) is 0 Å². The Morgan fingerprint density at radius 2 is 2.09 bits per heavy atom. The van der Waals surface area contributed by atoms with Gasteiger partial charge >= 0.3 is 0 Å². The van der Waals surface area contributed by atoms with Crippen LogP contribution in [-0.2, 0) is 13.0 Å². The van der Waals surface area contributed by atoms with Crippen LogP contribution >= 0.6 is 0 Å². The number of ether oxygens (including phenoxy) is 1. The number of likely N-dealkylation sites (tertiary alicyclic amines) is 1. The lowest BCUT2D eigenvalue weighted by atomic mass is 10.0. The van der Waals surface area contributed by atoms with Gasteiger partial charge in [-0.3, -0.25) is 4.90 Å². The molecule has 4 heteroatoms. The molecule has 1 fully saturated rings. The van der Waals surface area contributed by atoms with Crippen LogP contribution in [-0.4, -0.2) is 23.7 Å². The molecule has 1 aromatic carbocycles. The van der Waals surface area contributed by atoms with Crippen molar-refractivity contribution in [1.29, 1.82) is 0 Å². The van der Waals surface area contributed by atoms with Crippen molar-refractivity contribution < 1.29 is 9.26 Å². The van der Waals surface area contributed by atoms with E-state index in [0.29, 0.717) is 6.04 Å². The number of aryl methyl sites for hydroxylation is 2. The van der Waals surface area contributed by atoms with Crippen molar-refractivity contribution in [3.05, 3.63) is 46.8 Å². The molecule has 0 radical (unpaired) electrons. The molecule has 1 atom stereocenters. The second kappa shape index (κ2) is 6.53. The van der Waals surface area contributed by atoms with Gasteiger partial charge in [-0.25, -0.2) is 0 Å². The van der Waals surface area contributed by atoms with Crippen LogP contribution in [0.1, 0.15) is 48.4 Å². The first-order valence-electron chi connectivity index (χ1n) is 8.05. The maximum absolute atomic E-state index is 5.49. The summed E-state index contributed by atoms with van der Waals surface area (Å²) in [5, 5.41) is 4.18. The zero-order valence-corrected chi connectivity index (χ0v) is 13.6. The molecule has 3 rings (SSSR count). The van der Waals surface area contributed by atoms with Crippen molar-refractivity contribution in [2.75, 3.05) is 13.7 Å². The Morgan fingerprint density at radius 3 is 2.77 bits per heavy atom. The second-order valence-electron chi connectivity index (χ2n) is 5.93. The number of hydrogen-bond donors (Lipinski definition) is 0. The van der Waals surface area contributed by atoms with Gasteiger partial charge in [0, 0.05) is 24.6 Å². The minimum absolute atomic E-state index is 0.434.